The molecule has 1 amide bonds. The molecule has 0 unspecified atom stereocenters. The van der Waals surface area contributed by atoms with Gasteiger partial charge in [0.05, 0.1) is 4.88 Å². The molecule has 3 heterocycles. The molecule has 0 aromatic carbocycles. The lowest BCUT2D eigenvalue weighted by atomic mass is 10.3. The lowest BCUT2D eigenvalue weighted by molar-refractivity contribution is -0.127. The second-order valence-electron chi connectivity index (χ2n) is 5.47. The molecule has 2 aromatic rings. The minimum absolute atomic E-state index is 0.290. The molecule has 5 nitrogen and oxygen atoms in total. The maximum Gasteiger partial charge on any atom is 0.222 e. The summed E-state index contributed by atoms with van der Waals surface area (Å²) in [7, 11) is 0. The second-order valence-corrected chi connectivity index (χ2v) is 6.41. The van der Waals surface area contributed by atoms with Gasteiger partial charge in [-0.25, -0.2) is 9.97 Å². The van der Waals surface area contributed by atoms with E-state index in [-0.39, 0.29) is 5.91 Å². The van der Waals surface area contributed by atoms with E-state index in [1.54, 1.807) is 11.3 Å². The van der Waals surface area contributed by atoms with E-state index in [2.05, 4.69) is 15.3 Å². The van der Waals surface area contributed by atoms with Crippen LogP contribution in [0.25, 0.3) is 10.7 Å². The third kappa shape index (κ3) is 3.44. The number of likely N-dealkylation sites (tertiary alicyclic amines) is 1. The van der Waals surface area contributed by atoms with Crippen molar-refractivity contribution in [2.45, 2.75) is 26.2 Å². The van der Waals surface area contributed by atoms with E-state index in [1.807, 2.05) is 35.5 Å². The molecule has 0 aliphatic carbocycles. The summed E-state index contributed by atoms with van der Waals surface area (Å²) in [6, 6.07) is 4.03. The van der Waals surface area contributed by atoms with Crippen LogP contribution in [0.2, 0.25) is 0 Å². The van der Waals surface area contributed by atoms with Gasteiger partial charge in [0.15, 0.2) is 5.82 Å². The van der Waals surface area contributed by atoms with Crippen molar-refractivity contribution >= 4 is 23.1 Å². The molecule has 2 aromatic heterocycles. The number of nitrogens with one attached hydrogen (secondary N) is 1. The Kier molecular flexibility index (Phi) is 4.68. The van der Waals surface area contributed by atoms with Crippen LogP contribution in [0, 0.1) is 6.92 Å². The zero-order valence-corrected chi connectivity index (χ0v) is 13.5. The van der Waals surface area contributed by atoms with Gasteiger partial charge in [0.2, 0.25) is 5.91 Å². The normalized spacial score (nSPS) is 14.6. The van der Waals surface area contributed by atoms with E-state index in [0.717, 1.165) is 54.6 Å². The van der Waals surface area contributed by atoms with Gasteiger partial charge in [0, 0.05) is 37.8 Å². The summed E-state index contributed by atoms with van der Waals surface area (Å²) in [6.45, 7) is 4.55. The molecule has 1 N–H and O–H groups in total. The zero-order chi connectivity index (χ0) is 15.4. The minimum atomic E-state index is 0.290. The van der Waals surface area contributed by atoms with Gasteiger partial charge in [-0.2, -0.15) is 0 Å². The topological polar surface area (TPSA) is 58.1 Å². The van der Waals surface area contributed by atoms with Gasteiger partial charge >= 0.3 is 0 Å². The smallest absolute Gasteiger partial charge is 0.222 e. The molecular weight excluding hydrogens is 296 g/mol. The molecule has 6 heteroatoms. The van der Waals surface area contributed by atoms with Crippen molar-refractivity contribution in [2.75, 3.05) is 25.0 Å². The summed E-state index contributed by atoms with van der Waals surface area (Å²) in [5.41, 5.74) is 1.04. The lowest BCUT2D eigenvalue weighted by Crippen LogP contribution is -2.27. The fraction of sp³-hybridized carbons (Fsp3) is 0.438. The fourth-order valence-corrected chi connectivity index (χ4v) is 3.23. The molecule has 1 saturated heterocycles. The van der Waals surface area contributed by atoms with E-state index in [0.29, 0.717) is 6.42 Å². The molecule has 0 bridgehead atoms. The molecule has 0 atom stereocenters. The number of rotatable bonds is 6. The number of carbonyl (C=O) groups is 1. The first-order valence-corrected chi connectivity index (χ1v) is 8.51. The van der Waals surface area contributed by atoms with Gasteiger partial charge in [-0.05, 0) is 31.2 Å². The highest BCUT2D eigenvalue weighted by Crippen LogP contribution is 2.23. The summed E-state index contributed by atoms with van der Waals surface area (Å²) < 4.78 is 0. The summed E-state index contributed by atoms with van der Waals surface area (Å²) in [4.78, 5) is 23.6. The van der Waals surface area contributed by atoms with Crippen molar-refractivity contribution < 1.29 is 4.79 Å². The molecule has 3 rings (SSSR count). The first-order chi connectivity index (χ1) is 10.7. The van der Waals surface area contributed by atoms with Crippen molar-refractivity contribution in [2.24, 2.45) is 0 Å². The van der Waals surface area contributed by atoms with Crippen molar-refractivity contribution in [3.63, 3.8) is 0 Å². The summed E-state index contributed by atoms with van der Waals surface area (Å²) in [5, 5.41) is 5.40. The predicted octanol–water partition coefficient (Wildman–Crippen LogP) is 2.94. The van der Waals surface area contributed by atoms with E-state index >= 15 is 0 Å². The van der Waals surface area contributed by atoms with Crippen LogP contribution in [0.15, 0.2) is 23.7 Å². The van der Waals surface area contributed by atoms with E-state index < -0.39 is 0 Å². The number of hydrogen-bond donors (Lipinski definition) is 1. The van der Waals surface area contributed by atoms with Crippen LogP contribution in [-0.4, -0.2) is 40.4 Å². The predicted molar refractivity (Wildman–Crippen MR) is 89.0 cm³/mol. The minimum Gasteiger partial charge on any atom is -0.370 e. The highest BCUT2D eigenvalue weighted by atomic mass is 32.1. The number of aromatic nitrogens is 2. The summed E-state index contributed by atoms with van der Waals surface area (Å²) in [5.74, 6) is 1.93. The third-order valence-electron chi connectivity index (χ3n) is 3.78. The Bertz CT molecular complexity index is 642. The molecule has 1 fully saturated rings. The molecule has 0 radical (unpaired) electrons. The summed E-state index contributed by atoms with van der Waals surface area (Å²) >= 11 is 1.64. The average molecular weight is 316 g/mol. The largest absolute Gasteiger partial charge is 0.370 e. The fourth-order valence-electron chi connectivity index (χ4n) is 2.56. The second kappa shape index (κ2) is 6.87. The van der Waals surface area contributed by atoms with E-state index in [1.165, 1.54) is 0 Å². The SMILES string of the molecule is Cc1cnc(-c2cccs2)nc1NCCCN1CCCC1=O. The molecule has 0 spiro atoms. The Morgan fingerprint density at radius 3 is 3.09 bits per heavy atom. The highest BCUT2D eigenvalue weighted by molar-refractivity contribution is 7.13. The number of thiophene rings is 1. The van der Waals surface area contributed by atoms with Crippen molar-refractivity contribution in [3.05, 3.63) is 29.3 Å². The molecule has 22 heavy (non-hydrogen) atoms. The van der Waals surface area contributed by atoms with Gasteiger partial charge in [-0.3, -0.25) is 4.79 Å². The van der Waals surface area contributed by atoms with Crippen LogP contribution in [0.4, 0.5) is 5.82 Å². The van der Waals surface area contributed by atoms with Crippen LogP contribution < -0.4 is 5.32 Å². The van der Waals surface area contributed by atoms with Gasteiger partial charge in [-0.1, -0.05) is 6.07 Å². The molecule has 116 valence electrons. The van der Waals surface area contributed by atoms with E-state index in [4.69, 9.17) is 0 Å². The van der Waals surface area contributed by atoms with Gasteiger partial charge in [0.25, 0.3) is 0 Å². The number of nitrogens with zero attached hydrogens (tertiary/aromatic N) is 3. The van der Waals surface area contributed by atoms with Gasteiger partial charge in [-0.15, -0.1) is 11.3 Å². The molecule has 1 aliphatic heterocycles. The maximum absolute atomic E-state index is 11.6. The Morgan fingerprint density at radius 1 is 1.45 bits per heavy atom. The van der Waals surface area contributed by atoms with Gasteiger partial charge < -0.3 is 10.2 Å². The van der Waals surface area contributed by atoms with Crippen molar-refractivity contribution in [3.8, 4) is 10.7 Å². The van der Waals surface area contributed by atoms with Crippen LogP contribution in [-0.2, 0) is 4.79 Å². The first-order valence-electron chi connectivity index (χ1n) is 7.63. The Morgan fingerprint density at radius 2 is 2.36 bits per heavy atom. The van der Waals surface area contributed by atoms with Crippen LogP contribution >= 0.6 is 11.3 Å². The number of amides is 1. The Balaban J connectivity index is 1.55. The Labute approximate surface area is 134 Å². The van der Waals surface area contributed by atoms with Crippen LogP contribution in [0.5, 0.6) is 0 Å². The Hall–Kier alpha value is -1.95. The van der Waals surface area contributed by atoms with Gasteiger partial charge in [0.1, 0.15) is 5.82 Å². The van der Waals surface area contributed by atoms with Crippen LogP contribution in [0.3, 0.4) is 0 Å². The maximum atomic E-state index is 11.6. The number of aryl methyl sites for hydroxylation is 1. The quantitative estimate of drug-likeness (QED) is 0.833. The molecular formula is C16H20N4OS. The van der Waals surface area contributed by atoms with Crippen LogP contribution in [0.1, 0.15) is 24.8 Å². The molecule has 1 aliphatic rings. The average Bonchev–Trinajstić information content (AvgIpc) is 3.17. The highest BCUT2D eigenvalue weighted by Gasteiger charge is 2.18. The number of hydrogen-bond acceptors (Lipinski definition) is 5. The zero-order valence-electron chi connectivity index (χ0n) is 12.7. The lowest BCUT2D eigenvalue weighted by Gasteiger charge is -2.16. The molecule has 0 saturated carbocycles. The monoisotopic (exact) mass is 316 g/mol. The standard InChI is InChI=1S/C16H20N4OS/c1-12-11-18-16(13-5-3-10-22-13)19-15(12)17-7-4-9-20-8-2-6-14(20)21/h3,5,10-11H,2,4,6-9H2,1H3,(H,17,18,19). The number of carbonyl (C=O) groups excluding carboxylic acids is 1. The third-order valence-corrected chi connectivity index (χ3v) is 4.65. The van der Waals surface area contributed by atoms with Crippen molar-refractivity contribution in [1.82, 2.24) is 14.9 Å². The first kappa shape index (κ1) is 15.0. The summed E-state index contributed by atoms with van der Waals surface area (Å²) in [6.07, 6.45) is 4.50. The number of anilines is 1. The van der Waals surface area contributed by atoms with Crippen molar-refractivity contribution in [1.29, 1.82) is 0 Å². The van der Waals surface area contributed by atoms with E-state index in [9.17, 15) is 4.79 Å².